The first-order valence-electron chi connectivity index (χ1n) is 12.4. The van der Waals surface area contributed by atoms with Crippen LogP contribution in [0.4, 0.5) is 8.78 Å². The van der Waals surface area contributed by atoms with E-state index in [2.05, 4.69) is 5.32 Å². The van der Waals surface area contributed by atoms with E-state index >= 15 is 0 Å². The highest BCUT2D eigenvalue weighted by atomic mass is 35.5. The Labute approximate surface area is 220 Å². The lowest BCUT2D eigenvalue weighted by Crippen LogP contribution is -2.35. The van der Waals surface area contributed by atoms with Gasteiger partial charge in [0.25, 0.3) is 0 Å². The van der Waals surface area contributed by atoms with Crippen LogP contribution >= 0.6 is 12.4 Å². The van der Waals surface area contributed by atoms with Crippen molar-refractivity contribution in [1.29, 1.82) is 0 Å². The number of ether oxygens (including phenoxy) is 2. The Kier molecular flexibility index (Phi) is 7.22. The number of phenols is 1. The van der Waals surface area contributed by atoms with E-state index in [-0.39, 0.29) is 29.5 Å². The fourth-order valence-electron chi connectivity index (χ4n) is 5.39. The third-order valence-corrected chi connectivity index (χ3v) is 7.17. The summed E-state index contributed by atoms with van der Waals surface area (Å²) >= 11 is 0. The van der Waals surface area contributed by atoms with Gasteiger partial charge < -0.3 is 19.9 Å². The molecule has 4 nitrogen and oxygen atoms in total. The van der Waals surface area contributed by atoms with Gasteiger partial charge in [-0.1, -0.05) is 36.8 Å². The van der Waals surface area contributed by atoms with Gasteiger partial charge in [-0.25, -0.2) is 8.78 Å². The van der Waals surface area contributed by atoms with Gasteiger partial charge in [-0.2, -0.15) is 0 Å². The molecule has 37 heavy (non-hydrogen) atoms. The summed E-state index contributed by atoms with van der Waals surface area (Å²) in [5.41, 5.74) is 2.52. The van der Waals surface area contributed by atoms with E-state index in [9.17, 15) is 13.9 Å². The van der Waals surface area contributed by atoms with Crippen molar-refractivity contribution < 1.29 is 23.4 Å². The van der Waals surface area contributed by atoms with Crippen LogP contribution in [0.2, 0.25) is 0 Å². The number of rotatable bonds is 5. The molecule has 4 aromatic rings. The number of aromatic hydroxyl groups is 1. The van der Waals surface area contributed by atoms with Crippen LogP contribution in [0.5, 0.6) is 17.2 Å². The molecule has 2 atom stereocenters. The minimum atomic E-state index is -0.685. The first-order chi connectivity index (χ1) is 17.6. The molecule has 7 heteroatoms. The number of fused-ring (bicyclic) bond motifs is 5. The average Bonchev–Trinajstić information content (AvgIpc) is 2.88. The Morgan fingerprint density at radius 1 is 0.973 bits per heavy atom. The zero-order valence-corrected chi connectivity index (χ0v) is 21.0. The van der Waals surface area contributed by atoms with Gasteiger partial charge in [0.2, 0.25) is 0 Å². The second-order valence-electron chi connectivity index (χ2n) is 9.54. The number of nitrogens with one attached hydrogen (secondary N) is 1. The van der Waals surface area contributed by atoms with Gasteiger partial charge in [-0.15, -0.1) is 12.4 Å². The minimum absolute atomic E-state index is 0. The first-order valence-corrected chi connectivity index (χ1v) is 12.4. The van der Waals surface area contributed by atoms with E-state index < -0.39 is 17.7 Å². The summed E-state index contributed by atoms with van der Waals surface area (Å²) in [5, 5.41) is 15.2. The monoisotopic (exact) mass is 523 g/mol. The molecular weight excluding hydrogens is 496 g/mol. The molecule has 2 unspecified atom stereocenters. The SMILES string of the molecule is Cl.Oc1ccc2c3c(ccc2c1)-c1c(F)cc(F)cc1OC3c1ccc(OCCC2CCCCN2)cc1. The second-order valence-corrected chi connectivity index (χ2v) is 9.54. The molecule has 2 aliphatic rings. The molecular formula is C30H28ClF2NO3. The largest absolute Gasteiger partial charge is 0.508 e. The Morgan fingerprint density at radius 2 is 1.81 bits per heavy atom. The number of hydrogen-bond donors (Lipinski definition) is 2. The molecule has 0 amide bonds. The van der Waals surface area contributed by atoms with Gasteiger partial charge in [0.1, 0.15) is 28.9 Å². The Morgan fingerprint density at radius 3 is 2.59 bits per heavy atom. The Bertz CT molecular complexity index is 1420. The van der Waals surface area contributed by atoms with Crippen LogP contribution < -0.4 is 14.8 Å². The highest BCUT2D eigenvalue weighted by molar-refractivity contribution is 5.95. The van der Waals surface area contributed by atoms with Crippen molar-refractivity contribution in [2.45, 2.75) is 37.8 Å². The van der Waals surface area contributed by atoms with Crippen LogP contribution in [-0.2, 0) is 0 Å². The summed E-state index contributed by atoms with van der Waals surface area (Å²) in [5.74, 6) is -0.266. The van der Waals surface area contributed by atoms with Crippen LogP contribution in [0.3, 0.4) is 0 Å². The number of halogens is 3. The summed E-state index contributed by atoms with van der Waals surface area (Å²) < 4.78 is 41.3. The van der Waals surface area contributed by atoms with Gasteiger partial charge in [0.15, 0.2) is 6.10 Å². The van der Waals surface area contributed by atoms with Gasteiger partial charge in [-0.3, -0.25) is 0 Å². The molecule has 0 saturated carbocycles. The van der Waals surface area contributed by atoms with Gasteiger partial charge in [0, 0.05) is 23.7 Å². The molecule has 2 aliphatic heterocycles. The third kappa shape index (κ3) is 4.96. The van der Waals surface area contributed by atoms with Gasteiger partial charge in [0.05, 0.1) is 12.2 Å². The average molecular weight is 524 g/mol. The van der Waals surface area contributed by atoms with Crippen molar-refractivity contribution in [3.05, 3.63) is 89.5 Å². The topological polar surface area (TPSA) is 50.7 Å². The predicted molar refractivity (Wildman–Crippen MR) is 143 cm³/mol. The lowest BCUT2D eigenvalue weighted by atomic mass is 9.85. The molecule has 2 N–H and O–H groups in total. The number of hydrogen-bond acceptors (Lipinski definition) is 4. The lowest BCUT2D eigenvalue weighted by molar-refractivity contribution is 0.242. The van der Waals surface area contributed by atoms with E-state index in [0.29, 0.717) is 18.2 Å². The molecule has 0 spiro atoms. The summed E-state index contributed by atoms with van der Waals surface area (Å²) in [7, 11) is 0. The molecule has 192 valence electrons. The zero-order chi connectivity index (χ0) is 24.6. The molecule has 4 aromatic carbocycles. The second kappa shape index (κ2) is 10.6. The first kappa shape index (κ1) is 25.3. The summed E-state index contributed by atoms with van der Waals surface area (Å²) in [6.45, 7) is 1.72. The van der Waals surface area contributed by atoms with Crippen LogP contribution in [-0.4, -0.2) is 24.3 Å². The maximum atomic E-state index is 14.9. The molecule has 1 saturated heterocycles. The van der Waals surface area contributed by atoms with E-state index in [1.165, 1.54) is 25.3 Å². The molecule has 0 aliphatic carbocycles. The molecule has 6 rings (SSSR count). The zero-order valence-electron chi connectivity index (χ0n) is 20.2. The van der Waals surface area contributed by atoms with Crippen LogP contribution in [0, 0.1) is 11.6 Å². The van der Waals surface area contributed by atoms with Gasteiger partial charge in [-0.05, 0) is 72.0 Å². The van der Waals surface area contributed by atoms with Crippen molar-refractivity contribution in [1.82, 2.24) is 5.32 Å². The predicted octanol–water partition coefficient (Wildman–Crippen LogP) is 7.31. The van der Waals surface area contributed by atoms with Crippen molar-refractivity contribution in [2.75, 3.05) is 13.2 Å². The Balaban J connectivity index is 0.00000280. The van der Waals surface area contributed by atoms with Crippen LogP contribution in [0.1, 0.15) is 42.9 Å². The number of phenolic OH excluding ortho intramolecular Hbond substituents is 1. The Hall–Kier alpha value is -3.35. The quantitative estimate of drug-likeness (QED) is 0.288. The van der Waals surface area contributed by atoms with E-state index in [0.717, 1.165) is 46.7 Å². The van der Waals surface area contributed by atoms with Crippen molar-refractivity contribution in [2.24, 2.45) is 0 Å². The van der Waals surface area contributed by atoms with Crippen molar-refractivity contribution in [3.63, 3.8) is 0 Å². The fraction of sp³-hybridized carbons (Fsp3) is 0.267. The molecule has 1 fully saturated rings. The summed E-state index contributed by atoms with van der Waals surface area (Å²) in [4.78, 5) is 0. The lowest BCUT2D eigenvalue weighted by Gasteiger charge is -2.31. The van der Waals surface area contributed by atoms with Crippen LogP contribution in [0.15, 0.2) is 66.7 Å². The van der Waals surface area contributed by atoms with Crippen molar-refractivity contribution in [3.8, 4) is 28.4 Å². The molecule has 0 radical (unpaired) electrons. The highest BCUT2D eigenvalue weighted by Gasteiger charge is 2.32. The smallest absolute Gasteiger partial charge is 0.150 e. The molecule has 0 aromatic heterocycles. The molecule has 0 bridgehead atoms. The van der Waals surface area contributed by atoms with E-state index in [4.69, 9.17) is 9.47 Å². The fourth-order valence-corrected chi connectivity index (χ4v) is 5.39. The maximum Gasteiger partial charge on any atom is 0.150 e. The van der Waals surface area contributed by atoms with E-state index in [1.807, 2.05) is 42.5 Å². The van der Waals surface area contributed by atoms with E-state index in [1.54, 1.807) is 12.1 Å². The van der Waals surface area contributed by atoms with Crippen molar-refractivity contribution >= 4 is 23.2 Å². The van der Waals surface area contributed by atoms with Gasteiger partial charge >= 0.3 is 0 Å². The summed E-state index contributed by atoms with van der Waals surface area (Å²) in [6, 6.07) is 19.0. The third-order valence-electron chi connectivity index (χ3n) is 7.17. The van der Waals surface area contributed by atoms with Crippen LogP contribution in [0.25, 0.3) is 21.9 Å². The maximum absolute atomic E-state index is 14.9. The number of benzene rings is 4. The number of piperidine rings is 1. The highest BCUT2D eigenvalue weighted by Crippen LogP contribution is 2.49. The summed E-state index contributed by atoms with van der Waals surface area (Å²) in [6.07, 6.45) is 4.08. The minimum Gasteiger partial charge on any atom is -0.508 e. The normalized spacial score (nSPS) is 18.3. The standard InChI is InChI=1S/C30H27F2NO3.ClH/c31-20-16-26(32)29-25-10-6-19-15-22(34)7-11-24(19)28(25)30(36-27(29)17-20)18-4-8-23(9-5-18)35-14-12-21-3-1-2-13-33-21;/h4-11,15-17,21,30,33-34H,1-3,12-14H2;1H. The molecule has 2 heterocycles.